The fraction of sp³-hybridized carbons (Fsp3) is 0.600. The highest BCUT2D eigenvalue weighted by Crippen LogP contribution is 2.35. The molecule has 2 rings (SSSR count). The van der Waals surface area contributed by atoms with Gasteiger partial charge in [0.2, 0.25) is 0 Å². The lowest BCUT2D eigenvalue weighted by Crippen LogP contribution is -2.19. The average molecular weight is 249 g/mol. The van der Waals surface area contributed by atoms with E-state index in [1.807, 2.05) is 7.05 Å². The molecule has 0 aromatic heterocycles. The Labute approximate surface area is 109 Å². The fourth-order valence-electron chi connectivity index (χ4n) is 2.49. The zero-order valence-corrected chi connectivity index (χ0v) is 11.5. The van der Waals surface area contributed by atoms with E-state index in [9.17, 15) is 0 Å². The van der Waals surface area contributed by atoms with Gasteiger partial charge in [0.1, 0.15) is 5.75 Å². The van der Waals surface area contributed by atoms with Gasteiger partial charge in [0.25, 0.3) is 0 Å². The number of ether oxygens (including phenoxy) is 2. The average Bonchev–Trinajstić information content (AvgIpc) is 2.88. The molecule has 18 heavy (non-hydrogen) atoms. The molecule has 0 saturated heterocycles. The van der Waals surface area contributed by atoms with Gasteiger partial charge in [-0.05, 0) is 32.4 Å². The van der Waals surface area contributed by atoms with E-state index >= 15 is 0 Å². The first kappa shape index (κ1) is 13.4. The van der Waals surface area contributed by atoms with Gasteiger partial charge in [-0.3, -0.25) is 0 Å². The molecule has 0 amide bonds. The molecule has 0 saturated carbocycles. The molecule has 1 N–H and O–H groups in total. The van der Waals surface area contributed by atoms with Crippen molar-refractivity contribution < 1.29 is 9.47 Å². The van der Waals surface area contributed by atoms with E-state index in [4.69, 9.17) is 9.47 Å². The Morgan fingerprint density at radius 1 is 1.39 bits per heavy atom. The molecule has 1 aliphatic heterocycles. The van der Waals surface area contributed by atoms with Crippen molar-refractivity contribution in [3.63, 3.8) is 0 Å². The van der Waals surface area contributed by atoms with Gasteiger partial charge in [-0.2, -0.15) is 0 Å². The number of fused-ring (bicyclic) bond motifs is 1. The Morgan fingerprint density at radius 3 is 2.94 bits per heavy atom. The molecule has 1 aromatic rings. The van der Waals surface area contributed by atoms with Crippen LogP contribution in [0.2, 0.25) is 0 Å². The normalized spacial score (nSPS) is 17.1. The summed E-state index contributed by atoms with van der Waals surface area (Å²) in [5, 5.41) is 3.39. The number of hydrogen-bond donors (Lipinski definition) is 1. The molecular formula is C15H23NO2. The summed E-state index contributed by atoms with van der Waals surface area (Å²) in [6, 6.07) is 6.81. The standard InChI is InChI=1S/C15H23NO2/c1-11(17-3)7-8-14(16-2)13-6-4-5-12-9-10-18-15(12)13/h4-6,11,14,16H,7-10H2,1-3H3. The molecular weight excluding hydrogens is 226 g/mol. The number of rotatable bonds is 6. The zero-order valence-electron chi connectivity index (χ0n) is 11.5. The highest BCUT2D eigenvalue weighted by atomic mass is 16.5. The molecule has 1 aromatic carbocycles. The van der Waals surface area contributed by atoms with Gasteiger partial charge in [-0.15, -0.1) is 0 Å². The Bertz CT molecular complexity index is 392. The molecule has 3 nitrogen and oxygen atoms in total. The highest BCUT2D eigenvalue weighted by molar-refractivity contribution is 5.45. The summed E-state index contributed by atoms with van der Waals surface area (Å²) in [6.45, 7) is 2.93. The van der Waals surface area contributed by atoms with Gasteiger partial charge in [-0.25, -0.2) is 0 Å². The van der Waals surface area contributed by atoms with Crippen molar-refractivity contribution in [3.8, 4) is 5.75 Å². The summed E-state index contributed by atoms with van der Waals surface area (Å²) in [5.41, 5.74) is 2.63. The van der Waals surface area contributed by atoms with E-state index in [0.717, 1.165) is 31.6 Å². The summed E-state index contributed by atoms with van der Waals surface area (Å²) < 4.78 is 11.1. The van der Waals surface area contributed by atoms with E-state index < -0.39 is 0 Å². The number of methoxy groups -OCH3 is 1. The highest BCUT2D eigenvalue weighted by Gasteiger charge is 2.21. The number of benzene rings is 1. The molecule has 2 atom stereocenters. The van der Waals surface area contributed by atoms with Crippen LogP contribution in [0, 0.1) is 0 Å². The predicted molar refractivity (Wildman–Crippen MR) is 73.1 cm³/mol. The minimum Gasteiger partial charge on any atom is -0.493 e. The second-order valence-electron chi connectivity index (χ2n) is 4.90. The van der Waals surface area contributed by atoms with Crippen molar-refractivity contribution in [2.45, 2.75) is 38.3 Å². The van der Waals surface area contributed by atoms with E-state index in [1.165, 1.54) is 11.1 Å². The van der Waals surface area contributed by atoms with Crippen LogP contribution >= 0.6 is 0 Å². The maximum atomic E-state index is 5.77. The summed E-state index contributed by atoms with van der Waals surface area (Å²) in [5.74, 6) is 1.10. The van der Waals surface area contributed by atoms with Gasteiger partial charge < -0.3 is 14.8 Å². The van der Waals surface area contributed by atoms with Crippen molar-refractivity contribution in [1.82, 2.24) is 5.32 Å². The largest absolute Gasteiger partial charge is 0.493 e. The molecule has 0 spiro atoms. The Morgan fingerprint density at radius 2 is 2.22 bits per heavy atom. The smallest absolute Gasteiger partial charge is 0.127 e. The lowest BCUT2D eigenvalue weighted by atomic mass is 9.97. The second kappa shape index (κ2) is 6.21. The van der Waals surface area contributed by atoms with Crippen LogP contribution in [0.15, 0.2) is 18.2 Å². The molecule has 1 aliphatic rings. The third-order valence-electron chi connectivity index (χ3n) is 3.73. The molecule has 1 heterocycles. The molecule has 0 bridgehead atoms. The van der Waals surface area contributed by atoms with Crippen molar-refractivity contribution >= 4 is 0 Å². The van der Waals surface area contributed by atoms with Gasteiger partial charge in [0.05, 0.1) is 12.7 Å². The predicted octanol–water partition coefficient (Wildman–Crippen LogP) is 2.70. The molecule has 3 heteroatoms. The lowest BCUT2D eigenvalue weighted by Gasteiger charge is -2.20. The zero-order chi connectivity index (χ0) is 13.0. The number of para-hydroxylation sites is 1. The van der Waals surface area contributed by atoms with Gasteiger partial charge in [0, 0.05) is 25.1 Å². The van der Waals surface area contributed by atoms with E-state index in [0.29, 0.717) is 12.1 Å². The van der Waals surface area contributed by atoms with Gasteiger partial charge in [-0.1, -0.05) is 18.2 Å². The maximum Gasteiger partial charge on any atom is 0.127 e. The van der Waals surface area contributed by atoms with Crippen molar-refractivity contribution in [2.24, 2.45) is 0 Å². The lowest BCUT2D eigenvalue weighted by molar-refractivity contribution is 0.106. The van der Waals surface area contributed by atoms with Crippen LogP contribution in [-0.4, -0.2) is 26.9 Å². The van der Waals surface area contributed by atoms with Crippen LogP contribution in [0.25, 0.3) is 0 Å². The summed E-state index contributed by atoms with van der Waals surface area (Å²) >= 11 is 0. The first-order chi connectivity index (χ1) is 8.76. The maximum absolute atomic E-state index is 5.77. The monoisotopic (exact) mass is 249 g/mol. The first-order valence-electron chi connectivity index (χ1n) is 6.71. The minimum absolute atomic E-state index is 0.304. The van der Waals surface area contributed by atoms with Crippen LogP contribution in [0.4, 0.5) is 0 Å². The Hall–Kier alpha value is -1.06. The third kappa shape index (κ3) is 2.85. The molecule has 0 radical (unpaired) electrons. The number of nitrogens with one attached hydrogen (secondary N) is 1. The van der Waals surface area contributed by atoms with E-state index in [-0.39, 0.29) is 0 Å². The van der Waals surface area contributed by atoms with E-state index in [2.05, 4.69) is 30.4 Å². The topological polar surface area (TPSA) is 30.5 Å². The summed E-state index contributed by atoms with van der Waals surface area (Å²) in [6.07, 6.45) is 3.45. The van der Waals surface area contributed by atoms with Crippen LogP contribution in [0.3, 0.4) is 0 Å². The first-order valence-corrected chi connectivity index (χ1v) is 6.71. The Kier molecular flexibility index (Phi) is 4.61. The molecule has 0 fully saturated rings. The van der Waals surface area contributed by atoms with Crippen LogP contribution in [0.5, 0.6) is 5.75 Å². The number of hydrogen-bond acceptors (Lipinski definition) is 3. The third-order valence-corrected chi connectivity index (χ3v) is 3.73. The van der Waals surface area contributed by atoms with Crippen molar-refractivity contribution in [1.29, 1.82) is 0 Å². The molecule has 100 valence electrons. The van der Waals surface area contributed by atoms with Crippen molar-refractivity contribution in [3.05, 3.63) is 29.3 Å². The SMILES string of the molecule is CNC(CCC(C)OC)c1cccc2c1OCC2. The Balaban J connectivity index is 2.10. The van der Waals surface area contributed by atoms with Gasteiger partial charge in [0.15, 0.2) is 0 Å². The quantitative estimate of drug-likeness (QED) is 0.841. The second-order valence-corrected chi connectivity index (χ2v) is 4.90. The van der Waals surface area contributed by atoms with Gasteiger partial charge >= 0.3 is 0 Å². The summed E-state index contributed by atoms with van der Waals surface area (Å²) in [7, 11) is 3.78. The van der Waals surface area contributed by atoms with E-state index in [1.54, 1.807) is 7.11 Å². The minimum atomic E-state index is 0.304. The summed E-state index contributed by atoms with van der Waals surface area (Å²) in [4.78, 5) is 0. The molecule has 0 aliphatic carbocycles. The van der Waals surface area contributed by atoms with Crippen LogP contribution in [0.1, 0.15) is 36.9 Å². The van der Waals surface area contributed by atoms with Crippen molar-refractivity contribution in [2.75, 3.05) is 20.8 Å². The van der Waals surface area contributed by atoms with Crippen LogP contribution in [-0.2, 0) is 11.2 Å². The fourth-order valence-corrected chi connectivity index (χ4v) is 2.49. The molecule has 2 unspecified atom stereocenters. The van der Waals surface area contributed by atoms with Crippen LogP contribution < -0.4 is 10.1 Å².